The second-order valence-electron chi connectivity index (χ2n) is 4.13. The Labute approximate surface area is 129 Å². The van der Waals surface area contributed by atoms with Gasteiger partial charge in [0.25, 0.3) is 0 Å². The molecule has 0 saturated heterocycles. The summed E-state index contributed by atoms with van der Waals surface area (Å²) in [6.07, 6.45) is 0. The summed E-state index contributed by atoms with van der Waals surface area (Å²) in [4.78, 5) is 34.2. The summed E-state index contributed by atoms with van der Waals surface area (Å²) in [7, 11) is 2.44. The minimum atomic E-state index is -1.08. The Morgan fingerprint density at radius 2 is 1.91 bits per heavy atom. The molecule has 116 valence electrons. The van der Waals surface area contributed by atoms with Crippen LogP contribution in [0.2, 0.25) is 0 Å². The number of rotatable bonds is 5. The van der Waals surface area contributed by atoms with Crippen molar-refractivity contribution in [3.05, 3.63) is 28.6 Å². The molecule has 0 amide bonds. The number of hydrogen-bond donors (Lipinski definition) is 1. The maximum Gasteiger partial charge on any atom is 0.351 e. The lowest BCUT2D eigenvalue weighted by Gasteiger charge is -2.06. The van der Waals surface area contributed by atoms with Gasteiger partial charge in [-0.05, 0) is 18.2 Å². The molecule has 1 aromatic carbocycles. The molecule has 1 aromatic heterocycles. The summed E-state index contributed by atoms with van der Waals surface area (Å²) in [6.45, 7) is -0.368. The molecular weight excluding hydrogens is 312 g/mol. The number of aromatic carboxylic acids is 1. The molecule has 0 radical (unpaired) electrons. The second-order valence-corrected chi connectivity index (χ2v) is 5.18. The van der Waals surface area contributed by atoms with Crippen LogP contribution in [-0.4, -0.2) is 43.8 Å². The molecule has 2 rings (SSSR count). The molecule has 7 nitrogen and oxygen atoms in total. The molecule has 1 N–H and O–H groups in total. The quantitative estimate of drug-likeness (QED) is 0.839. The van der Waals surface area contributed by atoms with Crippen molar-refractivity contribution < 1.29 is 33.7 Å². The molecule has 0 saturated carbocycles. The predicted molar refractivity (Wildman–Crippen MR) is 77.6 cm³/mol. The first-order valence-electron chi connectivity index (χ1n) is 6.05. The number of methoxy groups -OCH3 is 2. The summed E-state index contributed by atoms with van der Waals surface area (Å²) < 4.78 is 15.1. The van der Waals surface area contributed by atoms with Crippen LogP contribution in [0.25, 0.3) is 10.1 Å². The Hall–Kier alpha value is -2.61. The number of hydrogen-bond acceptors (Lipinski definition) is 7. The van der Waals surface area contributed by atoms with E-state index in [-0.39, 0.29) is 22.8 Å². The van der Waals surface area contributed by atoms with E-state index in [0.29, 0.717) is 10.1 Å². The van der Waals surface area contributed by atoms with Gasteiger partial charge in [0.05, 0.1) is 19.8 Å². The van der Waals surface area contributed by atoms with Crippen LogP contribution >= 0.6 is 11.3 Å². The third-order valence-corrected chi connectivity index (χ3v) is 3.94. The van der Waals surface area contributed by atoms with Crippen LogP contribution in [-0.2, 0) is 14.3 Å². The summed E-state index contributed by atoms with van der Waals surface area (Å²) in [5.74, 6) is -2.13. The number of ether oxygens (including phenoxy) is 3. The van der Waals surface area contributed by atoms with Gasteiger partial charge in [0.1, 0.15) is 0 Å². The Kier molecular flexibility index (Phi) is 4.62. The van der Waals surface area contributed by atoms with Crippen LogP contribution in [0.1, 0.15) is 20.0 Å². The van der Waals surface area contributed by atoms with Gasteiger partial charge in [0, 0.05) is 10.1 Å². The second kappa shape index (κ2) is 6.44. The average Bonchev–Trinajstić information content (AvgIpc) is 2.89. The summed E-state index contributed by atoms with van der Waals surface area (Å²) >= 11 is 1.03. The van der Waals surface area contributed by atoms with Crippen LogP contribution in [0.3, 0.4) is 0 Å². The van der Waals surface area contributed by atoms with E-state index in [0.717, 1.165) is 11.3 Å². The van der Waals surface area contributed by atoms with Crippen molar-refractivity contribution in [2.24, 2.45) is 0 Å². The highest BCUT2D eigenvalue weighted by molar-refractivity contribution is 7.21. The van der Waals surface area contributed by atoms with E-state index < -0.39 is 17.9 Å². The number of thiophene rings is 1. The normalized spacial score (nSPS) is 10.3. The van der Waals surface area contributed by atoms with E-state index in [1.165, 1.54) is 32.4 Å². The molecule has 22 heavy (non-hydrogen) atoms. The van der Waals surface area contributed by atoms with E-state index in [1.807, 2.05) is 0 Å². The molecule has 0 unspecified atom stereocenters. The fourth-order valence-corrected chi connectivity index (χ4v) is 2.87. The van der Waals surface area contributed by atoms with E-state index in [9.17, 15) is 14.4 Å². The highest BCUT2D eigenvalue weighted by atomic mass is 32.1. The van der Waals surface area contributed by atoms with Crippen molar-refractivity contribution >= 4 is 39.3 Å². The van der Waals surface area contributed by atoms with Crippen LogP contribution in [0.15, 0.2) is 18.2 Å². The molecule has 0 aliphatic carbocycles. The topological polar surface area (TPSA) is 99.1 Å². The number of benzene rings is 1. The highest BCUT2D eigenvalue weighted by Gasteiger charge is 2.22. The molecular formula is C14H12O7S. The lowest BCUT2D eigenvalue weighted by atomic mass is 10.1. The van der Waals surface area contributed by atoms with Gasteiger partial charge in [-0.15, -0.1) is 11.3 Å². The van der Waals surface area contributed by atoms with Crippen LogP contribution in [0.4, 0.5) is 0 Å². The van der Waals surface area contributed by atoms with Gasteiger partial charge in [-0.25, -0.2) is 14.4 Å². The molecule has 0 fully saturated rings. The largest absolute Gasteiger partial charge is 0.479 e. The van der Waals surface area contributed by atoms with E-state index >= 15 is 0 Å². The molecule has 0 atom stereocenters. The Morgan fingerprint density at radius 1 is 1.18 bits per heavy atom. The molecule has 1 heterocycles. The van der Waals surface area contributed by atoms with E-state index in [4.69, 9.17) is 9.84 Å². The first-order valence-corrected chi connectivity index (χ1v) is 6.87. The monoisotopic (exact) mass is 324 g/mol. The lowest BCUT2D eigenvalue weighted by Crippen LogP contribution is -2.13. The van der Waals surface area contributed by atoms with Crippen molar-refractivity contribution in [2.45, 2.75) is 0 Å². The third-order valence-electron chi connectivity index (χ3n) is 2.82. The van der Waals surface area contributed by atoms with Crippen LogP contribution in [0.5, 0.6) is 5.75 Å². The average molecular weight is 324 g/mol. The van der Waals surface area contributed by atoms with Crippen molar-refractivity contribution in [3.8, 4) is 5.75 Å². The molecule has 0 aliphatic heterocycles. The predicted octanol–water partition coefficient (Wildman–Crippen LogP) is 1.94. The van der Waals surface area contributed by atoms with Crippen LogP contribution < -0.4 is 4.74 Å². The molecule has 0 bridgehead atoms. The zero-order valence-corrected chi connectivity index (χ0v) is 12.6. The zero-order valence-electron chi connectivity index (χ0n) is 11.7. The highest BCUT2D eigenvalue weighted by Crippen LogP contribution is 2.38. The first-order chi connectivity index (χ1) is 10.5. The van der Waals surface area contributed by atoms with Crippen molar-refractivity contribution in [3.63, 3.8) is 0 Å². The van der Waals surface area contributed by atoms with Gasteiger partial charge in [-0.3, -0.25) is 0 Å². The Balaban J connectivity index is 2.51. The first kappa shape index (κ1) is 15.8. The summed E-state index contributed by atoms with van der Waals surface area (Å²) in [6, 6.07) is 4.34. The number of esters is 2. The maximum absolute atomic E-state index is 11.8. The van der Waals surface area contributed by atoms with Gasteiger partial charge >= 0.3 is 17.9 Å². The van der Waals surface area contributed by atoms with Gasteiger partial charge in [-0.1, -0.05) is 0 Å². The minimum Gasteiger partial charge on any atom is -0.479 e. The number of carboxylic acid groups (broad SMARTS) is 1. The number of carbonyl (C=O) groups excluding carboxylic acids is 2. The Bertz CT molecular complexity index is 747. The summed E-state index contributed by atoms with van der Waals surface area (Å²) in [5.41, 5.74) is 0.0877. The molecule has 0 spiro atoms. The fourth-order valence-electron chi connectivity index (χ4n) is 1.77. The standard InChI is InChI=1S/C14H12O7S/c1-19-10(15)6-21-11-8-4-3-7(13(16)17)5-9(8)22-12(11)14(18)20-2/h3-5H,6H2,1-2H3,(H,16,17). The molecule has 8 heteroatoms. The lowest BCUT2D eigenvalue weighted by molar-refractivity contribution is -0.142. The fraction of sp³-hybridized carbons (Fsp3) is 0.214. The maximum atomic E-state index is 11.8. The van der Waals surface area contributed by atoms with Crippen molar-refractivity contribution in [1.82, 2.24) is 0 Å². The summed E-state index contributed by atoms with van der Waals surface area (Å²) in [5, 5.41) is 9.53. The SMILES string of the molecule is COC(=O)COc1c(C(=O)OC)sc2cc(C(=O)O)ccc12. The number of carbonyl (C=O) groups is 3. The number of fused-ring (bicyclic) bond motifs is 1. The van der Waals surface area contributed by atoms with Gasteiger partial charge in [-0.2, -0.15) is 0 Å². The minimum absolute atomic E-state index is 0.0877. The molecule has 0 aliphatic rings. The van der Waals surface area contributed by atoms with Gasteiger partial charge in [0.2, 0.25) is 0 Å². The van der Waals surface area contributed by atoms with Gasteiger partial charge in [0.15, 0.2) is 17.2 Å². The Morgan fingerprint density at radius 3 is 2.50 bits per heavy atom. The van der Waals surface area contributed by atoms with Crippen molar-refractivity contribution in [1.29, 1.82) is 0 Å². The zero-order chi connectivity index (χ0) is 16.3. The smallest absolute Gasteiger partial charge is 0.351 e. The van der Waals surface area contributed by atoms with Crippen molar-refractivity contribution in [2.75, 3.05) is 20.8 Å². The van der Waals surface area contributed by atoms with E-state index in [2.05, 4.69) is 9.47 Å². The third kappa shape index (κ3) is 3.01. The molecule has 2 aromatic rings. The van der Waals surface area contributed by atoms with Gasteiger partial charge < -0.3 is 19.3 Å². The van der Waals surface area contributed by atoms with E-state index in [1.54, 1.807) is 0 Å². The van der Waals surface area contributed by atoms with Crippen LogP contribution in [0, 0.1) is 0 Å². The number of carboxylic acids is 1.